The molecule has 1 amide bonds. The largest absolute Gasteiger partial charge is 0.481 e. The van der Waals surface area contributed by atoms with Crippen molar-refractivity contribution in [2.24, 2.45) is 13.0 Å². The topological polar surface area (TPSA) is 104 Å². The molecule has 122 valence electrons. The maximum Gasteiger partial charge on any atom is 0.303 e. The van der Waals surface area contributed by atoms with Crippen molar-refractivity contribution in [1.29, 1.82) is 0 Å². The summed E-state index contributed by atoms with van der Waals surface area (Å²) in [5, 5.41) is 17.2. The van der Waals surface area contributed by atoms with Gasteiger partial charge in [0.15, 0.2) is 0 Å². The number of aromatic amines is 1. The van der Waals surface area contributed by atoms with Gasteiger partial charge in [0.2, 0.25) is 0 Å². The number of nitrogens with zero attached hydrogens (tertiary/aromatic N) is 4. The molecule has 0 radical (unpaired) electrons. The molecule has 0 aromatic carbocycles. The summed E-state index contributed by atoms with van der Waals surface area (Å²) in [6, 6.07) is 1.75. The number of aromatic nitrogens is 4. The molecular formula is C15H19N5O3. The fourth-order valence-corrected chi connectivity index (χ4v) is 3.19. The zero-order valence-corrected chi connectivity index (χ0v) is 13.1. The van der Waals surface area contributed by atoms with E-state index in [1.165, 1.54) is 0 Å². The van der Waals surface area contributed by atoms with E-state index in [-0.39, 0.29) is 24.2 Å². The van der Waals surface area contributed by atoms with Gasteiger partial charge < -0.3 is 15.0 Å². The van der Waals surface area contributed by atoms with Gasteiger partial charge in [0.05, 0.1) is 17.7 Å². The number of carbonyl (C=O) groups excluding carboxylic acids is 1. The summed E-state index contributed by atoms with van der Waals surface area (Å²) in [6.45, 7) is 2.72. The first-order valence-electron chi connectivity index (χ1n) is 7.47. The van der Waals surface area contributed by atoms with Gasteiger partial charge in [-0.15, -0.1) is 5.10 Å². The molecule has 8 nitrogen and oxygen atoms in total. The van der Waals surface area contributed by atoms with Crippen molar-refractivity contribution in [1.82, 2.24) is 24.9 Å². The summed E-state index contributed by atoms with van der Waals surface area (Å²) >= 11 is 0. The van der Waals surface area contributed by atoms with Crippen LogP contribution in [0, 0.1) is 12.8 Å². The highest BCUT2D eigenvalue weighted by atomic mass is 16.4. The molecule has 0 bridgehead atoms. The molecule has 23 heavy (non-hydrogen) atoms. The standard InChI is InChI=1S/C15H19N5O3/c1-9-11(3-4-16-9)15(23)20-6-10(5-14(21)22)12(7-20)13-8-19(2)18-17-13/h3-4,8,10,12,16H,5-7H2,1-2H3,(H,21,22)/t10-,12+/m0/s1. The number of aliphatic carboxylic acids is 1. The second-order valence-electron chi connectivity index (χ2n) is 6.01. The van der Waals surface area contributed by atoms with Gasteiger partial charge in [0.25, 0.3) is 5.91 Å². The number of nitrogens with one attached hydrogen (secondary N) is 1. The molecule has 0 saturated carbocycles. The summed E-state index contributed by atoms with van der Waals surface area (Å²) in [7, 11) is 1.77. The smallest absolute Gasteiger partial charge is 0.303 e. The average Bonchev–Trinajstić information content (AvgIpc) is 3.18. The Morgan fingerprint density at radius 1 is 1.43 bits per heavy atom. The Bertz CT molecular complexity index is 735. The van der Waals surface area contributed by atoms with Gasteiger partial charge in [-0.05, 0) is 18.9 Å². The molecule has 2 aromatic heterocycles. The third-order valence-corrected chi connectivity index (χ3v) is 4.35. The van der Waals surface area contributed by atoms with Crippen molar-refractivity contribution < 1.29 is 14.7 Å². The Balaban J connectivity index is 1.83. The molecule has 0 unspecified atom stereocenters. The Labute approximate surface area is 133 Å². The molecule has 2 aromatic rings. The number of likely N-dealkylation sites (tertiary alicyclic amines) is 1. The maximum absolute atomic E-state index is 12.7. The highest BCUT2D eigenvalue weighted by molar-refractivity contribution is 5.95. The number of carboxylic acid groups (broad SMARTS) is 1. The maximum atomic E-state index is 12.7. The number of hydrogen-bond acceptors (Lipinski definition) is 4. The second kappa shape index (κ2) is 5.86. The lowest BCUT2D eigenvalue weighted by atomic mass is 9.91. The average molecular weight is 317 g/mol. The van der Waals surface area contributed by atoms with Crippen LogP contribution in [0.1, 0.15) is 34.1 Å². The third-order valence-electron chi connectivity index (χ3n) is 4.35. The Morgan fingerprint density at radius 3 is 2.78 bits per heavy atom. The minimum atomic E-state index is -0.865. The van der Waals surface area contributed by atoms with Crippen LogP contribution in [0.15, 0.2) is 18.5 Å². The van der Waals surface area contributed by atoms with E-state index in [4.69, 9.17) is 5.11 Å². The predicted octanol–water partition coefficient (Wildman–Crippen LogP) is 0.782. The van der Waals surface area contributed by atoms with Crippen LogP contribution in [0.25, 0.3) is 0 Å². The van der Waals surface area contributed by atoms with E-state index < -0.39 is 5.97 Å². The van der Waals surface area contributed by atoms with Crippen LogP contribution in [0.4, 0.5) is 0 Å². The summed E-state index contributed by atoms with van der Waals surface area (Å²) in [4.78, 5) is 28.5. The summed E-state index contributed by atoms with van der Waals surface area (Å²) in [6.07, 6.45) is 3.53. The van der Waals surface area contributed by atoms with E-state index in [1.807, 2.05) is 6.92 Å². The van der Waals surface area contributed by atoms with Crippen LogP contribution in [-0.2, 0) is 11.8 Å². The van der Waals surface area contributed by atoms with Crippen LogP contribution in [0.3, 0.4) is 0 Å². The normalized spacial score (nSPS) is 20.9. The van der Waals surface area contributed by atoms with Crippen molar-refractivity contribution >= 4 is 11.9 Å². The fourth-order valence-electron chi connectivity index (χ4n) is 3.19. The summed E-state index contributed by atoms with van der Waals surface area (Å²) in [5.41, 5.74) is 2.17. The fraction of sp³-hybridized carbons (Fsp3) is 0.467. The molecule has 2 atom stereocenters. The van der Waals surface area contributed by atoms with Crippen LogP contribution < -0.4 is 0 Å². The van der Waals surface area contributed by atoms with Crippen molar-refractivity contribution in [2.45, 2.75) is 19.3 Å². The minimum absolute atomic E-state index is 0.0111. The summed E-state index contributed by atoms with van der Waals surface area (Å²) in [5.74, 6) is -1.21. The summed E-state index contributed by atoms with van der Waals surface area (Å²) < 4.78 is 1.59. The van der Waals surface area contributed by atoms with Gasteiger partial charge in [0.1, 0.15) is 0 Å². The van der Waals surface area contributed by atoms with Gasteiger partial charge in [-0.25, -0.2) is 0 Å². The van der Waals surface area contributed by atoms with Crippen LogP contribution >= 0.6 is 0 Å². The SMILES string of the molecule is Cc1[nH]ccc1C(=O)N1C[C@H](CC(=O)O)[C@H](c2cn(C)nn2)C1. The zero-order valence-electron chi connectivity index (χ0n) is 13.1. The molecule has 8 heteroatoms. The number of carbonyl (C=O) groups is 2. The van der Waals surface area contributed by atoms with Crippen molar-refractivity contribution in [2.75, 3.05) is 13.1 Å². The first-order chi connectivity index (χ1) is 11.0. The lowest BCUT2D eigenvalue weighted by molar-refractivity contribution is -0.138. The Morgan fingerprint density at radius 2 is 2.22 bits per heavy atom. The Hall–Kier alpha value is -2.64. The molecule has 3 heterocycles. The molecule has 3 rings (SSSR count). The molecule has 0 spiro atoms. The van der Waals surface area contributed by atoms with Crippen molar-refractivity contribution in [3.8, 4) is 0 Å². The molecule has 1 saturated heterocycles. The number of carboxylic acids is 1. The molecule has 2 N–H and O–H groups in total. The van der Waals surface area contributed by atoms with E-state index >= 15 is 0 Å². The number of hydrogen-bond donors (Lipinski definition) is 2. The first kappa shape index (κ1) is 15.3. The number of aryl methyl sites for hydroxylation is 2. The highest BCUT2D eigenvalue weighted by Crippen LogP contribution is 2.34. The van der Waals surface area contributed by atoms with E-state index in [0.717, 1.165) is 11.4 Å². The lowest BCUT2D eigenvalue weighted by Crippen LogP contribution is -2.29. The van der Waals surface area contributed by atoms with Gasteiger partial charge in [-0.2, -0.15) is 0 Å². The molecule has 0 aliphatic carbocycles. The van der Waals surface area contributed by atoms with Gasteiger partial charge >= 0.3 is 5.97 Å². The first-order valence-corrected chi connectivity index (χ1v) is 7.47. The number of rotatable bonds is 4. The molecule has 1 aliphatic rings. The van der Waals surface area contributed by atoms with Crippen LogP contribution in [0.5, 0.6) is 0 Å². The van der Waals surface area contributed by atoms with E-state index in [0.29, 0.717) is 18.7 Å². The monoisotopic (exact) mass is 317 g/mol. The quantitative estimate of drug-likeness (QED) is 0.867. The second-order valence-corrected chi connectivity index (χ2v) is 6.01. The number of amides is 1. The molecular weight excluding hydrogens is 298 g/mol. The highest BCUT2D eigenvalue weighted by Gasteiger charge is 2.39. The van der Waals surface area contributed by atoms with Crippen molar-refractivity contribution in [3.05, 3.63) is 35.4 Å². The molecule has 1 fully saturated rings. The van der Waals surface area contributed by atoms with Crippen molar-refractivity contribution in [3.63, 3.8) is 0 Å². The van der Waals surface area contributed by atoms with Crippen LogP contribution in [-0.4, -0.2) is 55.0 Å². The third kappa shape index (κ3) is 2.96. The Kier molecular flexibility index (Phi) is 3.89. The van der Waals surface area contributed by atoms with Crippen LogP contribution in [0.2, 0.25) is 0 Å². The number of H-pyrrole nitrogens is 1. The lowest BCUT2D eigenvalue weighted by Gasteiger charge is -2.15. The zero-order chi connectivity index (χ0) is 16.6. The minimum Gasteiger partial charge on any atom is -0.481 e. The van der Waals surface area contributed by atoms with Gasteiger partial charge in [0, 0.05) is 44.1 Å². The van der Waals surface area contributed by atoms with E-state index in [1.54, 1.807) is 35.1 Å². The van der Waals surface area contributed by atoms with Gasteiger partial charge in [-0.1, -0.05) is 5.21 Å². The predicted molar refractivity (Wildman–Crippen MR) is 80.9 cm³/mol. The molecule has 1 aliphatic heterocycles. The van der Waals surface area contributed by atoms with Gasteiger partial charge in [-0.3, -0.25) is 14.3 Å². The van der Waals surface area contributed by atoms with E-state index in [2.05, 4.69) is 15.3 Å². The van der Waals surface area contributed by atoms with E-state index in [9.17, 15) is 9.59 Å².